The van der Waals surface area contributed by atoms with E-state index in [0.29, 0.717) is 16.6 Å². The number of nitrogens with zero attached hydrogens (tertiary/aromatic N) is 4. The van der Waals surface area contributed by atoms with Crippen molar-refractivity contribution in [3.8, 4) is 11.3 Å². The maximum absolute atomic E-state index is 13.3. The molecule has 0 atom stereocenters. The number of hydrogen-bond donors (Lipinski definition) is 1. The molecule has 1 saturated carbocycles. The smallest absolute Gasteiger partial charge is 0.274 e. The standard InChI is InChI=1S/C25H25N5O2/c1-29-15-18(14-26-29)23-21-12-6-7-13-22(21)25(32)30(28-23)16-17-8-2-5-11-20(17)24(31)27-19-9-3-4-10-19/h2,5-8,11-15,19H,3-4,9-10,16H2,1H3,(H,27,31). The number of fused-ring (bicyclic) bond motifs is 1. The first-order valence-corrected chi connectivity index (χ1v) is 11.0. The predicted molar refractivity (Wildman–Crippen MR) is 123 cm³/mol. The second-order valence-electron chi connectivity index (χ2n) is 8.37. The van der Waals surface area contributed by atoms with Crippen LogP contribution in [0.2, 0.25) is 0 Å². The molecule has 0 saturated heterocycles. The van der Waals surface area contributed by atoms with Crippen LogP contribution in [0.25, 0.3) is 22.0 Å². The molecular weight excluding hydrogens is 402 g/mol. The summed E-state index contributed by atoms with van der Waals surface area (Å²) < 4.78 is 3.16. The fourth-order valence-corrected chi connectivity index (χ4v) is 4.47. The topological polar surface area (TPSA) is 81.8 Å². The van der Waals surface area contributed by atoms with E-state index in [2.05, 4.69) is 10.4 Å². The molecule has 0 aliphatic heterocycles. The number of benzene rings is 2. The first-order valence-electron chi connectivity index (χ1n) is 11.0. The summed E-state index contributed by atoms with van der Waals surface area (Å²) in [5.41, 5.74) is 2.71. The van der Waals surface area contributed by atoms with Crippen molar-refractivity contribution in [3.63, 3.8) is 0 Å². The Labute approximate surface area is 185 Å². The average Bonchev–Trinajstić information content (AvgIpc) is 3.48. The summed E-state index contributed by atoms with van der Waals surface area (Å²) in [5, 5.41) is 13.5. The molecule has 7 heteroatoms. The highest BCUT2D eigenvalue weighted by molar-refractivity contribution is 5.96. The van der Waals surface area contributed by atoms with Gasteiger partial charge in [-0.3, -0.25) is 14.3 Å². The van der Waals surface area contributed by atoms with Gasteiger partial charge in [0.2, 0.25) is 0 Å². The third kappa shape index (κ3) is 3.82. The van der Waals surface area contributed by atoms with Crippen LogP contribution in [0.3, 0.4) is 0 Å². The first kappa shape index (κ1) is 20.2. The van der Waals surface area contributed by atoms with Crippen LogP contribution in [-0.2, 0) is 13.6 Å². The van der Waals surface area contributed by atoms with Gasteiger partial charge in [0.05, 0.1) is 18.1 Å². The number of carbonyl (C=O) groups excluding carboxylic acids is 1. The molecule has 32 heavy (non-hydrogen) atoms. The Morgan fingerprint density at radius 3 is 2.53 bits per heavy atom. The van der Waals surface area contributed by atoms with Gasteiger partial charge in [-0.05, 0) is 30.5 Å². The Morgan fingerprint density at radius 2 is 1.78 bits per heavy atom. The Morgan fingerprint density at radius 1 is 1.06 bits per heavy atom. The second kappa shape index (κ2) is 8.42. The predicted octanol–water partition coefficient (Wildman–Crippen LogP) is 3.52. The molecule has 0 spiro atoms. The number of aryl methyl sites for hydroxylation is 1. The molecule has 7 nitrogen and oxygen atoms in total. The normalized spacial score (nSPS) is 14.2. The molecule has 0 bridgehead atoms. The van der Waals surface area contributed by atoms with E-state index < -0.39 is 0 Å². The number of nitrogens with one attached hydrogen (secondary N) is 1. The zero-order chi connectivity index (χ0) is 22.1. The van der Waals surface area contributed by atoms with E-state index in [1.165, 1.54) is 4.68 Å². The van der Waals surface area contributed by atoms with Gasteiger partial charge in [0.1, 0.15) is 5.69 Å². The Hall–Kier alpha value is -3.74. The van der Waals surface area contributed by atoms with Crippen LogP contribution in [0.15, 0.2) is 65.7 Å². The van der Waals surface area contributed by atoms with E-state index >= 15 is 0 Å². The summed E-state index contributed by atoms with van der Waals surface area (Å²) in [5.74, 6) is -0.0891. The minimum absolute atomic E-state index is 0.0891. The number of hydrogen-bond acceptors (Lipinski definition) is 4. The molecule has 162 valence electrons. The zero-order valence-electron chi connectivity index (χ0n) is 18.0. The highest BCUT2D eigenvalue weighted by Crippen LogP contribution is 2.24. The van der Waals surface area contributed by atoms with Gasteiger partial charge in [-0.25, -0.2) is 4.68 Å². The molecule has 0 radical (unpaired) electrons. The van der Waals surface area contributed by atoms with Crippen molar-refractivity contribution in [3.05, 3.63) is 82.4 Å². The highest BCUT2D eigenvalue weighted by Gasteiger charge is 2.20. The average molecular weight is 428 g/mol. The molecule has 2 aromatic heterocycles. The van der Waals surface area contributed by atoms with E-state index in [1.54, 1.807) is 10.9 Å². The van der Waals surface area contributed by atoms with Crippen molar-refractivity contribution in [1.82, 2.24) is 24.9 Å². The van der Waals surface area contributed by atoms with Crippen LogP contribution in [-0.4, -0.2) is 31.5 Å². The van der Waals surface area contributed by atoms with E-state index in [4.69, 9.17) is 5.10 Å². The van der Waals surface area contributed by atoms with E-state index in [0.717, 1.165) is 42.2 Å². The van der Waals surface area contributed by atoms with Gasteiger partial charge in [-0.15, -0.1) is 0 Å². The third-order valence-corrected chi connectivity index (χ3v) is 6.12. The van der Waals surface area contributed by atoms with Crippen LogP contribution in [0.1, 0.15) is 41.6 Å². The second-order valence-corrected chi connectivity index (χ2v) is 8.37. The summed E-state index contributed by atoms with van der Waals surface area (Å²) in [4.78, 5) is 26.2. The van der Waals surface area contributed by atoms with Crippen LogP contribution >= 0.6 is 0 Å². The van der Waals surface area contributed by atoms with Crippen molar-refractivity contribution in [1.29, 1.82) is 0 Å². The number of carbonyl (C=O) groups is 1. The Balaban J connectivity index is 1.56. The SMILES string of the molecule is Cn1cc(-c2nn(Cc3ccccc3C(=O)NC3CCCC3)c(=O)c3ccccc23)cn1. The molecule has 1 N–H and O–H groups in total. The lowest BCUT2D eigenvalue weighted by Gasteiger charge is -2.15. The lowest BCUT2D eigenvalue weighted by atomic mass is 10.1. The van der Waals surface area contributed by atoms with Crippen molar-refractivity contribution in [2.24, 2.45) is 7.05 Å². The highest BCUT2D eigenvalue weighted by atomic mass is 16.2. The maximum Gasteiger partial charge on any atom is 0.274 e. The van der Waals surface area contributed by atoms with E-state index in [-0.39, 0.29) is 24.1 Å². The lowest BCUT2D eigenvalue weighted by Crippen LogP contribution is -2.33. The number of aromatic nitrogens is 4. The molecule has 4 aromatic rings. The van der Waals surface area contributed by atoms with Gasteiger partial charge in [-0.2, -0.15) is 10.2 Å². The molecular formula is C25H25N5O2. The minimum Gasteiger partial charge on any atom is -0.349 e. The van der Waals surface area contributed by atoms with E-state index in [9.17, 15) is 9.59 Å². The Kier molecular flexibility index (Phi) is 5.31. The molecule has 0 unspecified atom stereocenters. The molecule has 2 aromatic carbocycles. The van der Waals surface area contributed by atoms with Crippen molar-refractivity contribution >= 4 is 16.7 Å². The van der Waals surface area contributed by atoms with Gasteiger partial charge in [0.15, 0.2) is 0 Å². The third-order valence-electron chi connectivity index (χ3n) is 6.12. The summed E-state index contributed by atoms with van der Waals surface area (Å²) in [6.45, 7) is 0.213. The molecule has 1 amide bonds. The minimum atomic E-state index is -0.181. The summed E-state index contributed by atoms with van der Waals surface area (Å²) in [6.07, 6.45) is 7.97. The lowest BCUT2D eigenvalue weighted by molar-refractivity contribution is 0.0936. The van der Waals surface area contributed by atoms with Crippen molar-refractivity contribution in [2.45, 2.75) is 38.3 Å². The summed E-state index contributed by atoms with van der Waals surface area (Å²) >= 11 is 0. The fourth-order valence-electron chi connectivity index (χ4n) is 4.47. The zero-order valence-corrected chi connectivity index (χ0v) is 18.0. The van der Waals surface area contributed by atoms with Gasteiger partial charge in [-0.1, -0.05) is 49.2 Å². The fraction of sp³-hybridized carbons (Fsp3) is 0.280. The summed E-state index contributed by atoms with van der Waals surface area (Å²) in [6, 6.07) is 15.1. The molecule has 1 aliphatic rings. The van der Waals surface area contributed by atoms with Gasteiger partial charge in [0.25, 0.3) is 11.5 Å². The summed E-state index contributed by atoms with van der Waals surface area (Å²) in [7, 11) is 1.85. The number of rotatable bonds is 5. The van der Waals surface area contributed by atoms with Gasteiger partial charge in [0, 0.05) is 35.8 Å². The monoisotopic (exact) mass is 427 g/mol. The first-order chi connectivity index (χ1) is 15.6. The molecule has 2 heterocycles. The largest absolute Gasteiger partial charge is 0.349 e. The van der Waals surface area contributed by atoms with Crippen LogP contribution in [0, 0.1) is 0 Å². The van der Waals surface area contributed by atoms with E-state index in [1.807, 2.05) is 61.8 Å². The van der Waals surface area contributed by atoms with Gasteiger partial charge >= 0.3 is 0 Å². The van der Waals surface area contributed by atoms with Crippen LogP contribution in [0.4, 0.5) is 0 Å². The number of amides is 1. The van der Waals surface area contributed by atoms with Crippen LogP contribution < -0.4 is 10.9 Å². The van der Waals surface area contributed by atoms with Crippen molar-refractivity contribution in [2.75, 3.05) is 0 Å². The maximum atomic E-state index is 13.3. The van der Waals surface area contributed by atoms with Crippen LogP contribution in [0.5, 0.6) is 0 Å². The molecule has 5 rings (SSSR count). The van der Waals surface area contributed by atoms with Gasteiger partial charge < -0.3 is 5.32 Å². The molecule has 1 fully saturated rings. The van der Waals surface area contributed by atoms with Crippen molar-refractivity contribution < 1.29 is 4.79 Å². The quantitative estimate of drug-likeness (QED) is 0.528. The Bertz CT molecular complexity index is 1350. The molecule has 1 aliphatic carbocycles.